The maximum absolute atomic E-state index is 13.0. The summed E-state index contributed by atoms with van der Waals surface area (Å²) in [5.41, 5.74) is 0.804. The lowest BCUT2D eigenvalue weighted by Crippen LogP contribution is -2.65. The molecule has 2 fully saturated rings. The van der Waals surface area contributed by atoms with Gasteiger partial charge in [-0.25, -0.2) is 9.31 Å². The molecular weight excluding hydrogens is 414 g/mol. The molecule has 5 rings (SSSR count). The van der Waals surface area contributed by atoms with E-state index in [0.717, 1.165) is 17.6 Å². The van der Waals surface area contributed by atoms with Crippen molar-refractivity contribution in [1.29, 1.82) is 0 Å². The van der Waals surface area contributed by atoms with Gasteiger partial charge in [-0.1, -0.05) is 0 Å². The van der Waals surface area contributed by atoms with Crippen LogP contribution in [-0.4, -0.2) is 78.5 Å². The van der Waals surface area contributed by atoms with Gasteiger partial charge < -0.3 is 25.5 Å². The molecule has 4 heterocycles. The average Bonchev–Trinajstić information content (AvgIpc) is 3.39. The van der Waals surface area contributed by atoms with Gasteiger partial charge >= 0.3 is 6.09 Å². The van der Waals surface area contributed by atoms with Crippen LogP contribution < -0.4 is 15.5 Å². The molecule has 168 valence electrons. The number of aromatic amines is 1. The predicted molar refractivity (Wildman–Crippen MR) is 116 cm³/mol. The van der Waals surface area contributed by atoms with Crippen molar-refractivity contribution in [3.63, 3.8) is 0 Å². The lowest BCUT2D eigenvalue weighted by atomic mass is 9.75. The summed E-state index contributed by atoms with van der Waals surface area (Å²) < 4.78 is 1.77. The zero-order chi connectivity index (χ0) is 22.3. The Bertz CT molecular complexity index is 1160. The number of nitrogens with zero attached hydrogens (tertiary/aromatic N) is 6. The average molecular weight is 439 g/mol. The first-order chi connectivity index (χ1) is 15.4. The lowest BCUT2D eigenvalue weighted by Gasteiger charge is -2.45. The highest BCUT2D eigenvalue weighted by atomic mass is 16.4. The van der Waals surface area contributed by atoms with Gasteiger partial charge in [0.1, 0.15) is 11.1 Å². The fraction of sp³-hybridized carbons (Fsp3) is 0.450. The number of aromatic nitrogens is 5. The number of carboxylic acid groups (broad SMARTS) is 1. The van der Waals surface area contributed by atoms with Crippen molar-refractivity contribution in [3.8, 4) is 0 Å². The third kappa shape index (κ3) is 3.57. The number of hydrogen-bond donors (Lipinski definition) is 4. The molecule has 1 aliphatic carbocycles. The topological polar surface area (TPSA) is 144 Å². The van der Waals surface area contributed by atoms with E-state index in [-0.39, 0.29) is 5.91 Å². The third-order valence-corrected chi connectivity index (χ3v) is 6.14. The normalized spacial score (nSPS) is 17.8. The maximum atomic E-state index is 13.0. The van der Waals surface area contributed by atoms with E-state index in [4.69, 9.17) is 10.1 Å². The number of hydrogen-bond acceptors (Lipinski definition) is 7. The van der Waals surface area contributed by atoms with Gasteiger partial charge in [0.25, 0.3) is 0 Å². The maximum Gasteiger partial charge on any atom is 0.405 e. The number of aryl methyl sites for hydroxylation is 1. The van der Waals surface area contributed by atoms with Gasteiger partial charge in [-0.15, -0.1) is 5.10 Å². The Kier molecular flexibility index (Phi) is 4.83. The molecule has 1 aliphatic heterocycles. The lowest BCUT2D eigenvalue weighted by molar-refractivity contribution is -0.142. The summed E-state index contributed by atoms with van der Waals surface area (Å²) in [5, 5.41) is 26.6. The van der Waals surface area contributed by atoms with Crippen LogP contribution in [0.3, 0.4) is 0 Å². The van der Waals surface area contributed by atoms with E-state index in [1.165, 1.54) is 0 Å². The van der Waals surface area contributed by atoms with Crippen LogP contribution in [0.5, 0.6) is 0 Å². The number of carbonyl (C=O) groups excluding carboxylic acids is 1. The van der Waals surface area contributed by atoms with Crippen molar-refractivity contribution in [3.05, 3.63) is 30.1 Å². The summed E-state index contributed by atoms with van der Waals surface area (Å²) in [6.07, 6.45) is 2.65. The molecule has 12 heteroatoms. The molecule has 2 aliphatic rings. The number of fused-ring (bicyclic) bond motifs is 1. The number of amides is 2. The van der Waals surface area contributed by atoms with Crippen LogP contribution in [0.25, 0.3) is 5.52 Å². The van der Waals surface area contributed by atoms with Crippen LogP contribution in [0.15, 0.2) is 24.4 Å². The van der Waals surface area contributed by atoms with Crippen molar-refractivity contribution in [2.75, 3.05) is 36.4 Å². The van der Waals surface area contributed by atoms with E-state index in [0.29, 0.717) is 56.6 Å². The van der Waals surface area contributed by atoms with Crippen LogP contribution in [0, 0.1) is 6.92 Å². The van der Waals surface area contributed by atoms with Gasteiger partial charge in [-0.3, -0.25) is 9.89 Å². The third-order valence-electron chi connectivity index (χ3n) is 6.14. The largest absolute Gasteiger partial charge is 0.465 e. The van der Waals surface area contributed by atoms with Gasteiger partial charge in [-0.2, -0.15) is 10.1 Å². The Labute approximate surface area is 183 Å². The number of rotatable bonds is 5. The van der Waals surface area contributed by atoms with Gasteiger partial charge in [0.2, 0.25) is 11.9 Å². The van der Waals surface area contributed by atoms with Crippen LogP contribution in [0.4, 0.5) is 22.4 Å². The second-order valence-electron chi connectivity index (χ2n) is 8.30. The standard InChI is InChI=1S/C20H25N9O3/c1-13-12-15(25-24-13)21-16-14-4-2-7-29(14)26-18(22-16)28-10-8-27(9-11-28)17(30)20(5-3-6-20)23-19(31)32/h2,4,7,12,23H,3,5-6,8-11H2,1H3,(H,31,32)(H2,21,22,24,25,26). The molecule has 1 saturated carbocycles. The summed E-state index contributed by atoms with van der Waals surface area (Å²) in [5.74, 6) is 1.73. The minimum atomic E-state index is -1.16. The Morgan fingerprint density at radius 1 is 1.22 bits per heavy atom. The second kappa shape index (κ2) is 7.70. The fourth-order valence-electron chi connectivity index (χ4n) is 4.29. The van der Waals surface area contributed by atoms with E-state index in [9.17, 15) is 9.59 Å². The molecule has 0 aromatic carbocycles. The molecule has 0 unspecified atom stereocenters. The number of carbonyl (C=O) groups is 2. The molecule has 0 radical (unpaired) electrons. The molecule has 1 saturated heterocycles. The molecule has 0 spiro atoms. The molecule has 2 amide bonds. The van der Waals surface area contributed by atoms with Crippen LogP contribution in [0.1, 0.15) is 25.0 Å². The molecule has 12 nitrogen and oxygen atoms in total. The van der Waals surface area contributed by atoms with Crippen LogP contribution >= 0.6 is 0 Å². The first-order valence-electron chi connectivity index (χ1n) is 10.6. The zero-order valence-electron chi connectivity index (χ0n) is 17.7. The van der Waals surface area contributed by atoms with Gasteiger partial charge in [0.15, 0.2) is 11.6 Å². The fourth-order valence-corrected chi connectivity index (χ4v) is 4.29. The summed E-state index contributed by atoms with van der Waals surface area (Å²) in [6, 6.07) is 5.72. The molecule has 3 aromatic rings. The first kappa shape index (κ1) is 20.1. The van der Waals surface area contributed by atoms with Gasteiger partial charge in [0, 0.05) is 44.1 Å². The first-order valence-corrected chi connectivity index (χ1v) is 10.6. The highest BCUT2D eigenvalue weighted by Crippen LogP contribution is 2.34. The zero-order valence-corrected chi connectivity index (χ0v) is 17.7. The molecule has 0 atom stereocenters. The minimum Gasteiger partial charge on any atom is -0.465 e. The smallest absolute Gasteiger partial charge is 0.405 e. The number of H-pyrrole nitrogens is 1. The van der Waals surface area contributed by atoms with Crippen molar-refractivity contribution < 1.29 is 14.7 Å². The highest BCUT2D eigenvalue weighted by Gasteiger charge is 2.48. The Balaban J connectivity index is 1.32. The monoisotopic (exact) mass is 439 g/mol. The van der Waals surface area contributed by atoms with E-state index in [2.05, 4.69) is 25.9 Å². The summed E-state index contributed by atoms with van der Waals surface area (Å²) >= 11 is 0. The van der Waals surface area contributed by atoms with E-state index < -0.39 is 11.6 Å². The molecule has 0 bridgehead atoms. The van der Waals surface area contributed by atoms with Crippen LogP contribution in [-0.2, 0) is 4.79 Å². The predicted octanol–water partition coefficient (Wildman–Crippen LogP) is 1.34. The molecule has 3 aromatic heterocycles. The molecule has 4 N–H and O–H groups in total. The quantitative estimate of drug-likeness (QED) is 0.466. The molecular formula is C20H25N9O3. The van der Waals surface area contributed by atoms with E-state index in [1.54, 1.807) is 9.42 Å². The molecule has 32 heavy (non-hydrogen) atoms. The van der Waals surface area contributed by atoms with Crippen molar-refractivity contribution in [2.24, 2.45) is 0 Å². The summed E-state index contributed by atoms with van der Waals surface area (Å²) in [7, 11) is 0. The second-order valence-corrected chi connectivity index (χ2v) is 8.30. The Hall–Kier alpha value is -3.83. The van der Waals surface area contributed by atoms with Crippen LogP contribution in [0.2, 0.25) is 0 Å². The highest BCUT2D eigenvalue weighted by molar-refractivity contribution is 5.90. The van der Waals surface area contributed by atoms with E-state index >= 15 is 0 Å². The van der Waals surface area contributed by atoms with E-state index in [1.807, 2.05) is 36.2 Å². The van der Waals surface area contributed by atoms with Crippen molar-refractivity contribution in [1.82, 2.24) is 35.0 Å². The summed E-state index contributed by atoms with van der Waals surface area (Å²) in [4.78, 5) is 32.7. The number of nitrogens with one attached hydrogen (secondary N) is 3. The SMILES string of the molecule is Cc1cc(Nc2nc(N3CCN(C(=O)C4(NC(=O)O)CCC4)CC3)nn3cccc23)n[nH]1. The Morgan fingerprint density at radius 2 is 2.00 bits per heavy atom. The van der Waals surface area contributed by atoms with Crippen molar-refractivity contribution >= 4 is 35.1 Å². The van der Waals surface area contributed by atoms with Gasteiger partial charge in [0.05, 0.1) is 0 Å². The van der Waals surface area contributed by atoms with Gasteiger partial charge in [-0.05, 0) is 38.3 Å². The van der Waals surface area contributed by atoms with Crippen molar-refractivity contribution in [2.45, 2.75) is 31.7 Å². The number of anilines is 3. The summed E-state index contributed by atoms with van der Waals surface area (Å²) in [6.45, 7) is 4.01. The number of piperazine rings is 1. The minimum absolute atomic E-state index is 0.135. The Morgan fingerprint density at radius 3 is 2.62 bits per heavy atom.